The van der Waals surface area contributed by atoms with Crippen LogP contribution in [0.5, 0.6) is 0 Å². The first-order valence-electron chi connectivity index (χ1n) is 4.16. The third-order valence-electron chi connectivity index (χ3n) is 1.69. The lowest BCUT2D eigenvalue weighted by molar-refractivity contribution is -0.0514. The highest BCUT2D eigenvalue weighted by atomic mass is 32.1. The molecular weight excluding hydrogens is 220 g/mol. The fourth-order valence-electron chi connectivity index (χ4n) is 0.923. The summed E-state index contributed by atoms with van der Waals surface area (Å²) in [7, 11) is 0. The van der Waals surface area contributed by atoms with E-state index in [2.05, 4.69) is 10.3 Å². The van der Waals surface area contributed by atoms with Gasteiger partial charge < -0.3 is 15.3 Å². The number of aliphatic hydroxyl groups is 2. The molecule has 0 aliphatic heterocycles. The summed E-state index contributed by atoms with van der Waals surface area (Å²) in [6.07, 6.45) is -2.35. The fraction of sp³-hybridized carbons (Fsp3) is 0.500. The van der Waals surface area contributed by atoms with E-state index in [9.17, 15) is 15.0 Å². The predicted molar refractivity (Wildman–Crippen MR) is 55.0 cm³/mol. The average molecular weight is 232 g/mol. The number of hydrogen-bond acceptors (Lipinski definition) is 5. The van der Waals surface area contributed by atoms with Crippen LogP contribution in [-0.2, 0) is 0 Å². The maximum absolute atomic E-state index is 10.3. The van der Waals surface area contributed by atoms with E-state index in [1.165, 1.54) is 19.2 Å². The van der Waals surface area contributed by atoms with Crippen molar-refractivity contribution in [2.45, 2.75) is 25.6 Å². The van der Waals surface area contributed by atoms with Crippen molar-refractivity contribution >= 4 is 22.6 Å². The molecule has 0 aliphatic rings. The van der Waals surface area contributed by atoms with Gasteiger partial charge in [0.2, 0.25) is 0 Å². The van der Waals surface area contributed by atoms with Gasteiger partial charge in [0.1, 0.15) is 6.10 Å². The molecule has 1 aromatic heterocycles. The number of anilines is 1. The SMILES string of the molecule is CC(C)(O)C(O)c1csc(NC(=O)O)n1. The zero-order valence-electron chi connectivity index (χ0n) is 8.26. The average Bonchev–Trinajstić information content (AvgIpc) is 2.48. The highest BCUT2D eigenvalue weighted by Gasteiger charge is 2.28. The lowest BCUT2D eigenvalue weighted by Gasteiger charge is -2.22. The zero-order valence-corrected chi connectivity index (χ0v) is 9.08. The molecule has 1 amide bonds. The van der Waals surface area contributed by atoms with E-state index in [-0.39, 0.29) is 10.8 Å². The molecule has 0 aliphatic carbocycles. The maximum atomic E-state index is 10.3. The molecule has 0 fully saturated rings. The Balaban J connectivity index is 2.80. The molecule has 1 rings (SSSR count). The molecule has 0 saturated carbocycles. The summed E-state index contributed by atoms with van der Waals surface area (Å²) in [5, 5.41) is 31.3. The van der Waals surface area contributed by atoms with E-state index in [0.717, 1.165) is 11.3 Å². The van der Waals surface area contributed by atoms with Crippen LogP contribution in [0.3, 0.4) is 0 Å². The van der Waals surface area contributed by atoms with Crippen molar-refractivity contribution in [1.29, 1.82) is 0 Å². The van der Waals surface area contributed by atoms with Crippen LogP contribution in [0.1, 0.15) is 25.6 Å². The van der Waals surface area contributed by atoms with Gasteiger partial charge in [-0.2, -0.15) is 0 Å². The molecule has 84 valence electrons. The van der Waals surface area contributed by atoms with E-state index >= 15 is 0 Å². The summed E-state index contributed by atoms with van der Waals surface area (Å²) in [5.74, 6) is 0. The van der Waals surface area contributed by atoms with Gasteiger partial charge in [-0.05, 0) is 13.8 Å². The van der Waals surface area contributed by atoms with Gasteiger partial charge in [-0.3, -0.25) is 5.32 Å². The number of nitrogens with one attached hydrogen (secondary N) is 1. The van der Waals surface area contributed by atoms with Gasteiger partial charge in [0.05, 0.1) is 11.3 Å². The number of carboxylic acid groups (broad SMARTS) is 1. The summed E-state index contributed by atoms with van der Waals surface area (Å²) >= 11 is 1.05. The molecule has 6 nitrogen and oxygen atoms in total. The Morgan fingerprint density at radius 3 is 2.73 bits per heavy atom. The van der Waals surface area contributed by atoms with Crippen LogP contribution in [0.15, 0.2) is 5.38 Å². The van der Waals surface area contributed by atoms with E-state index in [1.807, 2.05) is 0 Å². The number of aliphatic hydroxyl groups excluding tert-OH is 1. The second kappa shape index (κ2) is 4.13. The molecule has 0 bridgehead atoms. The van der Waals surface area contributed by atoms with Crippen LogP contribution in [0, 0.1) is 0 Å². The van der Waals surface area contributed by atoms with Gasteiger partial charge in [0.25, 0.3) is 0 Å². The van der Waals surface area contributed by atoms with Crippen molar-refractivity contribution in [2.24, 2.45) is 0 Å². The van der Waals surface area contributed by atoms with Gasteiger partial charge in [-0.25, -0.2) is 9.78 Å². The summed E-state index contributed by atoms with van der Waals surface area (Å²) in [5.41, 5.74) is -1.06. The van der Waals surface area contributed by atoms with E-state index in [1.54, 1.807) is 0 Å². The number of carbonyl (C=O) groups is 1. The van der Waals surface area contributed by atoms with Crippen LogP contribution in [0.4, 0.5) is 9.93 Å². The standard InChI is InChI=1S/C8H12N2O4S/c1-8(2,14)5(11)4-3-15-6(9-4)10-7(12)13/h3,5,11,14H,1-2H3,(H,9,10)(H,12,13). The number of thiazole rings is 1. The molecule has 1 atom stereocenters. The molecule has 4 N–H and O–H groups in total. The minimum atomic E-state index is -1.31. The molecule has 1 aromatic rings. The number of nitrogens with zero attached hydrogens (tertiary/aromatic N) is 1. The highest BCUT2D eigenvalue weighted by molar-refractivity contribution is 7.13. The molecule has 15 heavy (non-hydrogen) atoms. The molecule has 1 unspecified atom stereocenters. The Kier molecular flexibility index (Phi) is 3.28. The van der Waals surface area contributed by atoms with Gasteiger partial charge in [0.15, 0.2) is 5.13 Å². The number of rotatable bonds is 3. The van der Waals surface area contributed by atoms with Crippen molar-refractivity contribution in [3.05, 3.63) is 11.1 Å². The van der Waals surface area contributed by atoms with E-state index in [0.29, 0.717) is 0 Å². The number of amides is 1. The first-order chi connectivity index (χ1) is 6.80. The van der Waals surface area contributed by atoms with Gasteiger partial charge in [0, 0.05) is 5.38 Å². The lowest BCUT2D eigenvalue weighted by atomic mass is 10.0. The molecule has 0 aromatic carbocycles. The van der Waals surface area contributed by atoms with Crippen molar-refractivity contribution in [2.75, 3.05) is 5.32 Å². The van der Waals surface area contributed by atoms with E-state index in [4.69, 9.17) is 5.11 Å². The van der Waals surface area contributed by atoms with E-state index < -0.39 is 17.8 Å². The molecule has 0 saturated heterocycles. The topological polar surface area (TPSA) is 103 Å². The fourth-order valence-corrected chi connectivity index (χ4v) is 1.64. The van der Waals surface area contributed by atoms with Crippen molar-refractivity contribution in [1.82, 2.24) is 4.98 Å². The number of aromatic nitrogens is 1. The summed E-state index contributed by atoms with van der Waals surface area (Å²) in [6, 6.07) is 0. The number of hydrogen-bond donors (Lipinski definition) is 4. The highest BCUT2D eigenvalue weighted by Crippen LogP contribution is 2.27. The van der Waals surface area contributed by atoms with Gasteiger partial charge in [-0.15, -0.1) is 11.3 Å². The summed E-state index contributed by atoms with van der Waals surface area (Å²) in [6.45, 7) is 2.89. The third-order valence-corrected chi connectivity index (χ3v) is 2.46. The molecular formula is C8H12N2O4S. The second-order valence-corrected chi connectivity index (χ2v) is 4.42. The molecule has 7 heteroatoms. The molecule has 0 spiro atoms. The van der Waals surface area contributed by atoms with Crippen LogP contribution < -0.4 is 5.32 Å². The minimum absolute atomic E-state index is 0.167. The lowest BCUT2D eigenvalue weighted by Crippen LogP contribution is -2.28. The largest absolute Gasteiger partial charge is 0.465 e. The molecule has 0 radical (unpaired) electrons. The first kappa shape index (κ1) is 11.9. The maximum Gasteiger partial charge on any atom is 0.410 e. The van der Waals surface area contributed by atoms with Crippen LogP contribution in [0.25, 0.3) is 0 Å². The Bertz CT molecular complexity index is 358. The van der Waals surface area contributed by atoms with Crippen molar-refractivity contribution in [3.63, 3.8) is 0 Å². The van der Waals surface area contributed by atoms with Crippen LogP contribution in [-0.4, -0.2) is 32.0 Å². The first-order valence-corrected chi connectivity index (χ1v) is 5.04. The molecule has 1 heterocycles. The second-order valence-electron chi connectivity index (χ2n) is 3.56. The Hall–Kier alpha value is -1.18. The van der Waals surface area contributed by atoms with Crippen molar-refractivity contribution < 1.29 is 20.1 Å². The quantitative estimate of drug-likeness (QED) is 0.623. The normalized spacial score (nSPS) is 13.6. The van der Waals surface area contributed by atoms with Crippen molar-refractivity contribution in [3.8, 4) is 0 Å². The third kappa shape index (κ3) is 3.15. The minimum Gasteiger partial charge on any atom is -0.465 e. The summed E-state index contributed by atoms with van der Waals surface area (Å²) < 4.78 is 0. The van der Waals surface area contributed by atoms with Gasteiger partial charge >= 0.3 is 6.09 Å². The van der Waals surface area contributed by atoms with Crippen LogP contribution in [0.2, 0.25) is 0 Å². The van der Waals surface area contributed by atoms with Gasteiger partial charge in [-0.1, -0.05) is 0 Å². The van der Waals surface area contributed by atoms with Crippen LogP contribution >= 0.6 is 11.3 Å². The summed E-state index contributed by atoms with van der Waals surface area (Å²) in [4.78, 5) is 14.1. The predicted octanol–water partition coefficient (Wildman–Crippen LogP) is 1.04. The zero-order chi connectivity index (χ0) is 11.6. The Morgan fingerprint density at radius 1 is 1.67 bits per heavy atom. The smallest absolute Gasteiger partial charge is 0.410 e. The monoisotopic (exact) mass is 232 g/mol. The Morgan fingerprint density at radius 2 is 2.27 bits per heavy atom. The Labute approximate surface area is 90.2 Å².